The van der Waals surface area contributed by atoms with Gasteiger partial charge in [0, 0.05) is 18.8 Å². The number of carbonyl (C=O) groups excluding carboxylic acids is 1. The topological polar surface area (TPSA) is 80.5 Å². The summed E-state index contributed by atoms with van der Waals surface area (Å²) in [7, 11) is -3.00. The van der Waals surface area contributed by atoms with Crippen LogP contribution in [0, 0.1) is 0 Å². The van der Waals surface area contributed by atoms with Gasteiger partial charge in [-0.15, -0.1) is 0 Å². The van der Waals surface area contributed by atoms with Gasteiger partial charge in [-0.3, -0.25) is 4.79 Å². The number of nitrogen functional groups attached to an aromatic ring is 1. The molecule has 0 bridgehead atoms. The summed E-state index contributed by atoms with van der Waals surface area (Å²) in [5.41, 5.74) is 6.39. The number of hydrogen-bond donors (Lipinski definition) is 1. The molecule has 0 unspecified atom stereocenters. The standard InChI is InChI=1S/C11H13ClN2O3S/c12-10-7-8(13)1-2-9(10)11(15)14-3-5-18(16,17)6-4-14/h1-2,7H,3-6,13H2. The van der Waals surface area contributed by atoms with Crippen molar-refractivity contribution >= 4 is 33.0 Å². The van der Waals surface area contributed by atoms with Gasteiger partial charge in [0.1, 0.15) is 0 Å². The molecule has 7 heteroatoms. The molecule has 0 radical (unpaired) electrons. The molecule has 1 saturated heterocycles. The van der Waals surface area contributed by atoms with Gasteiger partial charge in [0.05, 0.1) is 22.1 Å². The molecule has 0 spiro atoms. The van der Waals surface area contributed by atoms with E-state index in [-0.39, 0.29) is 35.5 Å². The molecular formula is C11H13ClN2O3S. The van der Waals surface area contributed by atoms with Crippen LogP contribution in [0.5, 0.6) is 0 Å². The summed E-state index contributed by atoms with van der Waals surface area (Å²) >= 11 is 5.95. The number of rotatable bonds is 1. The van der Waals surface area contributed by atoms with Gasteiger partial charge in [-0.2, -0.15) is 0 Å². The van der Waals surface area contributed by atoms with E-state index < -0.39 is 9.84 Å². The van der Waals surface area contributed by atoms with Crippen molar-refractivity contribution in [3.63, 3.8) is 0 Å². The van der Waals surface area contributed by atoms with Crippen molar-refractivity contribution in [2.75, 3.05) is 30.3 Å². The molecule has 0 aromatic heterocycles. The minimum atomic E-state index is -3.00. The second-order valence-electron chi connectivity index (χ2n) is 4.18. The van der Waals surface area contributed by atoms with Crippen LogP contribution in [0.4, 0.5) is 5.69 Å². The molecule has 2 N–H and O–H groups in total. The van der Waals surface area contributed by atoms with Crippen LogP contribution in [0.3, 0.4) is 0 Å². The van der Waals surface area contributed by atoms with Crippen LogP contribution in [0.1, 0.15) is 10.4 Å². The number of halogens is 1. The van der Waals surface area contributed by atoms with Crippen molar-refractivity contribution < 1.29 is 13.2 Å². The van der Waals surface area contributed by atoms with E-state index in [1.165, 1.54) is 11.0 Å². The van der Waals surface area contributed by atoms with E-state index in [1.54, 1.807) is 12.1 Å². The number of anilines is 1. The first-order chi connectivity index (χ1) is 8.39. The molecule has 0 saturated carbocycles. The first kappa shape index (κ1) is 13.2. The van der Waals surface area contributed by atoms with Gasteiger partial charge >= 0.3 is 0 Å². The van der Waals surface area contributed by atoms with Crippen molar-refractivity contribution in [2.45, 2.75) is 0 Å². The van der Waals surface area contributed by atoms with Crippen LogP contribution in [0.15, 0.2) is 18.2 Å². The molecule has 18 heavy (non-hydrogen) atoms. The molecule has 0 aliphatic carbocycles. The lowest BCUT2D eigenvalue weighted by molar-refractivity contribution is 0.0770. The highest BCUT2D eigenvalue weighted by Crippen LogP contribution is 2.21. The lowest BCUT2D eigenvalue weighted by Gasteiger charge is -2.27. The lowest BCUT2D eigenvalue weighted by Crippen LogP contribution is -2.43. The molecule has 1 fully saturated rings. The van der Waals surface area contributed by atoms with E-state index in [0.717, 1.165) is 0 Å². The molecule has 1 amide bonds. The molecule has 2 rings (SSSR count). The predicted octanol–water partition coefficient (Wildman–Crippen LogP) is 0.793. The minimum absolute atomic E-state index is 0.00529. The number of hydrogen-bond acceptors (Lipinski definition) is 4. The maximum atomic E-state index is 12.1. The number of amides is 1. The Hall–Kier alpha value is -1.27. The Morgan fingerprint density at radius 1 is 1.28 bits per heavy atom. The van der Waals surface area contributed by atoms with E-state index in [0.29, 0.717) is 11.3 Å². The molecule has 98 valence electrons. The smallest absolute Gasteiger partial charge is 0.255 e. The average Bonchev–Trinajstić information content (AvgIpc) is 2.28. The van der Waals surface area contributed by atoms with Gasteiger partial charge in [0.25, 0.3) is 5.91 Å². The van der Waals surface area contributed by atoms with E-state index in [1.807, 2.05) is 0 Å². The number of benzene rings is 1. The molecule has 1 heterocycles. The van der Waals surface area contributed by atoms with Gasteiger partial charge in [0.2, 0.25) is 0 Å². The van der Waals surface area contributed by atoms with Gasteiger partial charge in [-0.05, 0) is 18.2 Å². The fourth-order valence-corrected chi connectivity index (χ4v) is 3.26. The average molecular weight is 289 g/mol. The third-order valence-corrected chi connectivity index (χ3v) is 4.78. The van der Waals surface area contributed by atoms with Crippen LogP contribution >= 0.6 is 11.6 Å². The van der Waals surface area contributed by atoms with E-state index in [2.05, 4.69) is 0 Å². The van der Waals surface area contributed by atoms with Crippen molar-refractivity contribution in [2.24, 2.45) is 0 Å². The number of carbonyl (C=O) groups is 1. The first-order valence-electron chi connectivity index (χ1n) is 5.44. The van der Waals surface area contributed by atoms with Crippen molar-refractivity contribution in [1.29, 1.82) is 0 Å². The zero-order valence-corrected chi connectivity index (χ0v) is 11.2. The monoisotopic (exact) mass is 288 g/mol. The lowest BCUT2D eigenvalue weighted by atomic mass is 10.2. The molecule has 5 nitrogen and oxygen atoms in total. The zero-order valence-electron chi connectivity index (χ0n) is 9.60. The quantitative estimate of drug-likeness (QED) is 0.775. The molecule has 1 aliphatic rings. The minimum Gasteiger partial charge on any atom is -0.399 e. The third kappa shape index (κ3) is 2.76. The van der Waals surface area contributed by atoms with Crippen molar-refractivity contribution in [1.82, 2.24) is 4.90 Å². The van der Waals surface area contributed by atoms with Crippen LogP contribution in [-0.2, 0) is 9.84 Å². The summed E-state index contributed by atoms with van der Waals surface area (Å²) < 4.78 is 22.6. The Morgan fingerprint density at radius 3 is 2.44 bits per heavy atom. The maximum absolute atomic E-state index is 12.1. The fourth-order valence-electron chi connectivity index (χ4n) is 1.79. The van der Waals surface area contributed by atoms with Gasteiger partial charge in [0.15, 0.2) is 9.84 Å². The van der Waals surface area contributed by atoms with E-state index >= 15 is 0 Å². The highest BCUT2D eigenvalue weighted by atomic mass is 35.5. The van der Waals surface area contributed by atoms with Crippen molar-refractivity contribution in [3.8, 4) is 0 Å². The Morgan fingerprint density at radius 2 is 1.89 bits per heavy atom. The SMILES string of the molecule is Nc1ccc(C(=O)N2CCS(=O)(=O)CC2)c(Cl)c1. The molecule has 1 aromatic rings. The van der Waals surface area contributed by atoms with Crippen LogP contribution in [0.25, 0.3) is 0 Å². The second kappa shape index (κ2) is 4.78. The zero-order chi connectivity index (χ0) is 13.3. The Kier molecular flexibility index (Phi) is 3.49. The van der Waals surface area contributed by atoms with Gasteiger partial charge < -0.3 is 10.6 Å². The van der Waals surface area contributed by atoms with Crippen LogP contribution in [-0.4, -0.2) is 43.8 Å². The Balaban J connectivity index is 2.17. The Bertz CT molecular complexity index is 572. The number of nitrogens with zero attached hydrogens (tertiary/aromatic N) is 1. The molecule has 1 aromatic carbocycles. The first-order valence-corrected chi connectivity index (χ1v) is 7.64. The highest BCUT2D eigenvalue weighted by molar-refractivity contribution is 7.91. The summed E-state index contributed by atoms with van der Waals surface area (Å²) in [4.78, 5) is 13.6. The van der Waals surface area contributed by atoms with Crippen LogP contribution < -0.4 is 5.73 Å². The highest BCUT2D eigenvalue weighted by Gasteiger charge is 2.26. The third-order valence-electron chi connectivity index (χ3n) is 2.86. The summed E-state index contributed by atoms with van der Waals surface area (Å²) in [5.74, 6) is -0.244. The van der Waals surface area contributed by atoms with Gasteiger partial charge in [-0.1, -0.05) is 11.6 Å². The summed E-state index contributed by atoms with van der Waals surface area (Å²) in [6.45, 7) is 0.420. The summed E-state index contributed by atoms with van der Waals surface area (Å²) in [6.07, 6.45) is 0. The van der Waals surface area contributed by atoms with Crippen molar-refractivity contribution in [3.05, 3.63) is 28.8 Å². The largest absolute Gasteiger partial charge is 0.399 e. The Labute approximate surface area is 110 Å². The number of sulfone groups is 1. The summed E-state index contributed by atoms with van der Waals surface area (Å²) in [6, 6.07) is 4.67. The molecule has 0 atom stereocenters. The normalized spacial score (nSPS) is 18.6. The number of nitrogens with two attached hydrogens (primary N) is 1. The predicted molar refractivity (Wildman–Crippen MR) is 70.4 cm³/mol. The second-order valence-corrected chi connectivity index (χ2v) is 6.89. The molecule has 1 aliphatic heterocycles. The van der Waals surface area contributed by atoms with Gasteiger partial charge in [-0.25, -0.2) is 8.42 Å². The van der Waals surface area contributed by atoms with E-state index in [4.69, 9.17) is 17.3 Å². The van der Waals surface area contributed by atoms with E-state index in [9.17, 15) is 13.2 Å². The summed E-state index contributed by atoms with van der Waals surface area (Å²) in [5, 5.41) is 0.286. The fraction of sp³-hybridized carbons (Fsp3) is 0.364. The maximum Gasteiger partial charge on any atom is 0.255 e. The van der Waals surface area contributed by atoms with Crippen LogP contribution in [0.2, 0.25) is 5.02 Å². The molecular weight excluding hydrogens is 276 g/mol.